The van der Waals surface area contributed by atoms with E-state index in [0.717, 1.165) is 6.07 Å². The van der Waals surface area contributed by atoms with Gasteiger partial charge >= 0.3 is 0 Å². The lowest BCUT2D eigenvalue weighted by Crippen LogP contribution is -2.36. The van der Waals surface area contributed by atoms with Crippen LogP contribution in [0.3, 0.4) is 0 Å². The van der Waals surface area contributed by atoms with E-state index in [1.165, 1.54) is 7.11 Å². The minimum atomic E-state index is -1.12. The molecular weight excluding hydrogens is 390 g/mol. The highest BCUT2D eigenvalue weighted by atomic mass is 16.5. The number of methoxy groups -OCH3 is 1. The molecule has 1 amide bonds. The second-order valence-corrected chi connectivity index (χ2v) is 6.90. The summed E-state index contributed by atoms with van der Waals surface area (Å²) >= 11 is 0. The molecule has 0 saturated carbocycles. The first-order valence-corrected chi connectivity index (χ1v) is 9.58. The zero-order valence-corrected chi connectivity index (χ0v) is 17.2. The maximum atomic E-state index is 13.2. The van der Waals surface area contributed by atoms with Gasteiger partial charge in [-0.05, 0) is 48.7 Å². The van der Waals surface area contributed by atoms with Crippen LogP contribution in [0.4, 0.5) is 0 Å². The fraction of sp³-hybridized carbons (Fsp3) is 0.364. The summed E-state index contributed by atoms with van der Waals surface area (Å²) in [6.45, 7) is 2.62. The number of aromatic hydroxyl groups is 2. The quantitative estimate of drug-likeness (QED) is 0.390. The number of amides is 1. The Hall–Kier alpha value is -3.10. The molecule has 2 atom stereocenters. The first-order valence-electron chi connectivity index (χ1n) is 9.58. The van der Waals surface area contributed by atoms with Gasteiger partial charge in [-0.3, -0.25) is 9.59 Å². The number of ketones is 1. The molecule has 0 saturated heterocycles. The van der Waals surface area contributed by atoms with E-state index < -0.39 is 36.1 Å². The van der Waals surface area contributed by atoms with Crippen molar-refractivity contribution in [2.45, 2.75) is 32.3 Å². The molecule has 8 heteroatoms. The fourth-order valence-corrected chi connectivity index (χ4v) is 3.26. The van der Waals surface area contributed by atoms with E-state index in [0.29, 0.717) is 17.7 Å². The van der Waals surface area contributed by atoms with Crippen LogP contribution < -0.4 is 10.1 Å². The number of aliphatic hydroxyl groups excluding tert-OH is 2. The van der Waals surface area contributed by atoms with Gasteiger partial charge in [0.25, 0.3) is 0 Å². The summed E-state index contributed by atoms with van der Waals surface area (Å²) in [7, 11) is 1.50. The molecule has 5 N–H and O–H groups in total. The molecule has 162 valence electrons. The molecular formula is C22H27NO7. The summed E-state index contributed by atoms with van der Waals surface area (Å²) < 4.78 is 5.09. The summed E-state index contributed by atoms with van der Waals surface area (Å²) in [6, 6.07) is 7.41. The topological polar surface area (TPSA) is 136 Å². The molecule has 0 spiro atoms. The number of nitrogens with one attached hydrogen (secondary N) is 1. The third kappa shape index (κ3) is 4.90. The second kappa shape index (κ2) is 10.1. The third-order valence-corrected chi connectivity index (χ3v) is 4.92. The van der Waals surface area contributed by atoms with Crippen molar-refractivity contribution in [2.24, 2.45) is 0 Å². The Balaban J connectivity index is 2.54. The smallest absolute Gasteiger partial charge is 0.227 e. The van der Waals surface area contributed by atoms with Crippen LogP contribution >= 0.6 is 0 Å². The van der Waals surface area contributed by atoms with Crippen molar-refractivity contribution in [3.05, 3.63) is 52.6 Å². The molecule has 2 rings (SSSR count). The van der Waals surface area contributed by atoms with E-state index in [1.54, 1.807) is 38.1 Å². The highest BCUT2D eigenvalue weighted by Crippen LogP contribution is 2.38. The van der Waals surface area contributed by atoms with E-state index in [4.69, 9.17) is 9.84 Å². The molecule has 0 aromatic heterocycles. The highest BCUT2D eigenvalue weighted by Gasteiger charge is 2.29. The summed E-state index contributed by atoms with van der Waals surface area (Å²) in [5.41, 5.74) is 0.797. The lowest BCUT2D eigenvalue weighted by atomic mass is 9.84. The van der Waals surface area contributed by atoms with Crippen LogP contribution in [0.25, 0.3) is 0 Å². The van der Waals surface area contributed by atoms with Gasteiger partial charge in [-0.1, -0.05) is 6.92 Å². The van der Waals surface area contributed by atoms with Crippen molar-refractivity contribution in [2.75, 3.05) is 20.3 Å². The molecule has 0 radical (unpaired) electrons. The van der Waals surface area contributed by atoms with Crippen LogP contribution in [0.2, 0.25) is 0 Å². The van der Waals surface area contributed by atoms with E-state index in [-0.39, 0.29) is 29.0 Å². The Morgan fingerprint density at radius 2 is 1.77 bits per heavy atom. The minimum absolute atomic E-state index is 0.0693. The zero-order valence-electron chi connectivity index (χ0n) is 17.2. The molecule has 0 heterocycles. The summed E-state index contributed by atoms with van der Waals surface area (Å²) in [5.74, 6) is -2.03. The molecule has 0 bridgehead atoms. The minimum Gasteiger partial charge on any atom is -0.508 e. The molecule has 0 aliphatic rings. The van der Waals surface area contributed by atoms with Crippen molar-refractivity contribution >= 4 is 11.7 Å². The zero-order chi connectivity index (χ0) is 22.4. The monoisotopic (exact) mass is 417 g/mol. The van der Waals surface area contributed by atoms with Gasteiger partial charge in [0, 0.05) is 18.2 Å². The van der Waals surface area contributed by atoms with Gasteiger partial charge < -0.3 is 30.5 Å². The maximum absolute atomic E-state index is 13.2. The fourth-order valence-electron chi connectivity index (χ4n) is 3.26. The van der Waals surface area contributed by atoms with Crippen molar-refractivity contribution in [1.29, 1.82) is 0 Å². The second-order valence-electron chi connectivity index (χ2n) is 6.90. The maximum Gasteiger partial charge on any atom is 0.227 e. The summed E-state index contributed by atoms with van der Waals surface area (Å²) in [5, 5.41) is 41.7. The number of hydrogen-bond acceptors (Lipinski definition) is 7. The number of carbonyl (C=O) groups excluding carboxylic acids is 2. The van der Waals surface area contributed by atoms with Crippen molar-refractivity contribution < 1.29 is 34.8 Å². The number of benzene rings is 2. The molecule has 0 fully saturated rings. The van der Waals surface area contributed by atoms with Gasteiger partial charge in [0.2, 0.25) is 5.91 Å². The first kappa shape index (κ1) is 23.2. The third-order valence-electron chi connectivity index (χ3n) is 4.92. The highest BCUT2D eigenvalue weighted by molar-refractivity contribution is 6.13. The van der Waals surface area contributed by atoms with Crippen LogP contribution in [0.15, 0.2) is 30.3 Å². The van der Waals surface area contributed by atoms with Gasteiger partial charge in [0.05, 0.1) is 31.3 Å². The van der Waals surface area contributed by atoms with Gasteiger partial charge in [-0.25, -0.2) is 0 Å². The van der Waals surface area contributed by atoms with Gasteiger partial charge in [-0.15, -0.1) is 0 Å². The lowest BCUT2D eigenvalue weighted by molar-refractivity contribution is -0.122. The molecule has 2 aromatic rings. The van der Waals surface area contributed by atoms with Crippen LogP contribution in [-0.2, 0) is 11.2 Å². The molecule has 0 aliphatic carbocycles. The molecule has 30 heavy (non-hydrogen) atoms. The predicted molar refractivity (Wildman–Crippen MR) is 110 cm³/mol. The van der Waals surface area contributed by atoms with Crippen LogP contribution in [0, 0.1) is 0 Å². The van der Waals surface area contributed by atoms with E-state index in [9.17, 15) is 24.9 Å². The van der Waals surface area contributed by atoms with Crippen LogP contribution in [0.5, 0.6) is 17.2 Å². The van der Waals surface area contributed by atoms with Gasteiger partial charge in [-0.2, -0.15) is 0 Å². The average Bonchev–Trinajstić information content (AvgIpc) is 2.75. The Labute approximate surface area is 174 Å². The van der Waals surface area contributed by atoms with E-state index in [1.807, 2.05) is 0 Å². The van der Waals surface area contributed by atoms with Crippen molar-refractivity contribution in [3.8, 4) is 17.2 Å². The van der Waals surface area contributed by atoms with Crippen molar-refractivity contribution in [1.82, 2.24) is 5.32 Å². The predicted octanol–water partition coefficient (Wildman–Crippen LogP) is 1.47. The van der Waals surface area contributed by atoms with Gasteiger partial charge in [0.1, 0.15) is 17.2 Å². The number of phenols is 2. The number of ether oxygens (including phenoxy) is 1. The normalized spacial score (nSPS) is 12.8. The Kier molecular flexibility index (Phi) is 7.79. The van der Waals surface area contributed by atoms with E-state index >= 15 is 0 Å². The van der Waals surface area contributed by atoms with Crippen LogP contribution in [-0.4, -0.2) is 58.5 Å². The first-order chi connectivity index (χ1) is 14.2. The lowest BCUT2D eigenvalue weighted by Gasteiger charge is -2.22. The van der Waals surface area contributed by atoms with Gasteiger partial charge in [0.15, 0.2) is 5.78 Å². The molecule has 8 nitrogen and oxygen atoms in total. The molecule has 2 aromatic carbocycles. The standard InChI is InChI=1S/C22H27NO7/c1-4-16-17(26)9-18(27)20(21(28)13-5-7-15(30-3)8-6-13)19(16)12(2)22(29)23-10-14(25)11-24/h5-9,12,14,24-27H,4,10-11H2,1-3H3,(H,23,29). The SMILES string of the molecule is CCc1c(O)cc(O)c(C(=O)c2ccc(OC)cc2)c1C(C)C(=O)NCC(O)CO. The molecule has 0 aliphatic heterocycles. The number of carbonyl (C=O) groups is 2. The van der Waals surface area contributed by atoms with Crippen molar-refractivity contribution in [3.63, 3.8) is 0 Å². The number of hydrogen-bond donors (Lipinski definition) is 5. The number of aliphatic hydroxyl groups is 2. The Bertz CT molecular complexity index is 909. The van der Waals surface area contributed by atoms with Crippen LogP contribution in [0.1, 0.15) is 46.8 Å². The largest absolute Gasteiger partial charge is 0.508 e. The van der Waals surface area contributed by atoms with E-state index in [2.05, 4.69) is 5.32 Å². The summed E-state index contributed by atoms with van der Waals surface area (Å²) in [4.78, 5) is 25.9. The Morgan fingerprint density at radius 3 is 2.30 bits per heavy atom. The molecule has 2 unspecified atom stereocenters. The summed E-state index contributed by atoms with van der Waals surface area (Å²) in [6.07, 6.45) is -0.800. The number of phenolic OH excluding ortho intramolecular Hbond substituents is 2. The average molecular weight is 417 g/mol. The number of rotatable bonds is 9. The Morgan fingerprint density at radius 1 is 1.13 bits per heavy atom.